The Morgan fingerprint density at radius 3 is 2.96 bits per heavy atom. The molecule has 0 N–H and O–H groups in total. The molecule has 0 radical (unpaired) electrons. The topological polar surface area (TPSA) is 75.8 Å². The SMILES string of the molecule is O=BC=N[C@H]1CCCCN(Cc2cc(-c3ccccc3)no2)C1=O. The first-order valence-corrected chi connectivity index (χ1v) is 8.04. The number of amides is 1. The number of benzene rings is 1. The summed E-state index contributed by atoms with van der Waals surface area (Å²) in [5, 5.41) is 4.08. The third kappa shape index (κ3) is 3.85. The van der Waals surface area contributed by atoms with E-state index < -0.39 is 6.04 Å². The van der Waals surface area contributed by atoms with Crippen molar-refractivity contribution in [2.45, 2.75) is 31.8 Å². The normalized spacial score (nSPS) is 18.6. The third-order valence-corrected chi connectivity index (χ3v) is 4.05. The summed E-state index contributed by atoms with van der Waals surface area (Å²) in [6.07, 6.45) is 3.66. The summed E-state index contributed by atoms with van der Waals surface area (Å²) in [5.41, 5.74) is 1.73. The van der Waals surface area contributed by atoms with Gasteiger partial charge in [0.1, 0.15) is 0 Å². The number of carbonyl (C=O) groups excluding carboxylic acids is 1. The van der Waals surface area contributed by atoms with E-state index in [0.717, 1.165) is 30.2 Å². The number of nitrogens with zero attached hydrogens (tertiary/aromatic N) is 3. The van der Waals surface area contributed by atoms with Crippen LogP contribution in [-0.2, 0) is 16.0 Å². The molecule has 3 rings (SSSR count). The molecular formula is C17H18BN3O3. The quantitative estimate of drug-likeness (QED) is 0.625. The van der Waals surface area contributed by atoms with Gasteiger partial charge in [0.2, 0.25) is 0 Å². The molecule has 1 atom stereocenters. The van der Waals surface area contributed by atoms with Gasteiger partial charge in [0.15, 0.2) is 0 Å². The number of aliphatic imine (C=N–C) groups is 1. The third-order valence-electron chi connectivity index (χ3n) is 4.05. The van der Waals surface area contributed by atoms with Crippen LogP contribution in [0.2, 0.25) is 0 Å². The number of hydrogen-bond donors (Lipinski definition) is 0. The fraction of sp³-hybridized carbons (Fsp3) is 0.353. The Kier molecular flexibility index (Phi) is 5.30. The molecule has 0 spiro atoms. The van der Waals surface area contributed by atoms with Crippen molar-refractivity contribution in [1.29, 1.82) is 0 Å². The van der Waals surface area contributed by atoms with Crippen LogP contribution >= 0.6 is 0 Å². The summed E-state index contributed by atoms with van der Waals surface area (Å²) in [5.74, 6) is 0.575. The van der Waals surface area contributed by atoms with E-state index in [9.17, 15) is 9.50 Å². The van der Waals surface area contributed by atoms with Gasteiger partial charge in [-0.1, -0.05) is 6.07 Å². The van der Waals surface area contributed by atoms with Crippen molar-refractivity contribution < 1.29 is 14.0 Å². The molecule has 1 aliphatic rings. The van der Waals surface area contributed by atoms with Crippen LogP contribution in [0.3, 0.4) is 0 Å². The zero-order valence-electron chi connectivity index (χ0n) is 13.3. The Morgan fingerprint density at radius 1 is 1.33 bits per heavy atom. The molecule has 1 amide bonds. The van der Waals surface area contributed by atoms with Gasteiger partial charge >= 0.3 is 134 Å². The zero-order chi connectivity index (χ0) is 16.8. The van der Waals surface area contributed by atoms with E-state index in [2.05, 4.69) is 10.1 Å². The predicted molar refractivity (Wildman–Crippen MR) is 89.9 cm³/mol. The van der Waals surface area contributed by atoms with Crippen molar-refractivity contribution in [3.63, 3.8) is 0 Å². The fourth-order valence-electron chi connectivity index (χ4n) is 2.84. The number of carbonyl (C=O) groups is 1. The molecule has 0 aliphatic carbocycles. The Balaban J connectivity index is 1.72. The summed E-state index contributed by atoms with van der Waals surface area (Å²) in [6, 6.07) is 11.1. The molecule has 1 aromatic heterocycles. The minimum absolute atomic E-state index is 0.0664. The van der Waals surface area contributed by atoms with E-state index in [1.807, 2.05) is 36.4 Å². The van der Waals surface area contributed by atoms with Crippen molar-refractivity contribution >= 4 is 19.2 Å². The van der Waals surface area contributed by atoms with E-state index in [0.29, 0.717) is 32.4 Å². The van der Waals surface area contributed by atoms with Gasteiger partial charge < -0.3 is 0 Å². The van der Waals surface area contributed by atoms with Crippen molar-refractivity contribution in [2.75, 3.05) is 6.54 Å². The van der Waals surface area contributed by atoms with Crippen molar-refractivity contribution in [1.82, 2.24) is 10.1 Å². The fourth-order valence-corrected chi connectivity index (χ4v) is 2.84. The molecule has 1 saturated heterocycles. The molecule has 2 heterocycles. The maximum absolute atomic E-state index is 12.6. The van der Waals surface area contributed by atoms with E-state index >= 15 is 0 Å². The van der Waals surface area contributed by atoms with Gasteiger partial charge in [0.25, 0.3) is 0 Å². The molecule has 7 heteroatoms. The summed E-state index contributed by atoms with van der Waals surface area (Å²) < 4.78 is 15.8. The predicted octanol–water partition coefficient (Wildman–Crippen LogP) is 2.30. The molecule has 0 bridgehead atoms. The van der Waals surface area contributed by atoms with E-state index in [1.54, 1.807) is 4.90 Å². The van der Waals surface area contributed by atoms with Crippen LogP contribution in [0.25, 0.3) is 11.3 Å². The molecule has 2 aromatic rings. The zero-order valence-corrected chi connectivity index (χ0v) is 13.3. The average molecular weight is 323 g/mol. The second-order valence-corrected chi connectivity index (χ2v) is 5.75. The number of aromatic nitrogens is 1. The van der Waals surface area contributed by atoms with E-state index in [1.165, 1.54) is 0 Å². The first kappa shape index (κ1) is 16.3. The van der Waals surface area contributed by atoms with Gasteiger partial charge in [-0.15, -0.1) is 0 Å². The Hall–Kier alpha value is -2.57. The molecule has 0 saturated carbocycles. The van der Waals surface area contributed by atoms with Crippen LogP contribution in [0.4, 0.5) is 0 Å². The number of hydrogen-bond acceptors (Lipinski definition) is 5. The Labute approximate surface area is 140 Å². The van der Waals surface area contributed by atoms with Gasteiger partial charge in [-0.3, -0.25) is 0 Å². The van der Waals surface area contributed by atoms with Crippen molar-refractivity contribution in [3.8, 4) is 11.3 Å². The van der Waals surface area contributed by atoms with Crippen LogP contribution in [-0.4, -0.2) is 41.8 Å². The molecule has 1 aromatic carbocycles. The minimum atomic E-state index is -0.478. The monoisotopic (exact) mass is 323 g/mol. The van der Waals surface area contributed by atoms with Crippen LogP contribution in [0.5, 0.6) is 0 Å². The molecule has 122 valence electrons. The van der Waals surface area contributed by atoms with Gasteiger partial charge in [-0.05, 0) is 0 Å². The molecule has 0 unspecified atom stereocenters. The van der Waals surface area contributed by atoms with Crippen LogP contribution < -0.4 is 0 Å². The molecule has 1 fully saturated rings. The van der Waals surface area contributed by atoms with Crippen molar-refractivity contribution in [3.05, 3.63) is 42.2 Å². The maximum atomic E-state index is 12.6. The second kappa shape index (κ2) is 7.81. The summed E-state index contributed by atoms with van der Waals surface area (Å²) in [4.78, 5) is 18.4. The van der Waals surface area contributed by atoms with E-state index in [-0.39, 0.29) is 5.91 Å². The summed E-state index contributed by atoms with van der Waals surface area (Å²) in [6.45, 7) is 1.03. The average Bonchev–Trinajstić information content (AvgIpc) is 3.01. The second-order valence-electron chi connectivity index (χ2n) is 5.75. The summed E-state index contributed by atoms with van der Waals surface area (Å²) >= 11 is 0. The molecule has 1 aliphatic heterocycles. The number of rotatable bonds is 5. The first-order chi connectivity index (χ1) is 11.8. The standard InChI is InChI=1S/C17H18BN3O3/c22-17-15(19-12-18-23)8-4-5-9-21(17)11-14-10-16(20-24-14)13-6-2-1-3-7-13/h1-3,6-7,10,12,15H,4-5,8-9,11H2/t15-/m0/s1. The van der Waals surface area contributed by atoms with E-state index in [4.69, 9.17) is 4.52 Å². The van der Waals surface area contributed by atoms with Gasteiger partial charge in [0.05, 0.1) is 0 Å². The first-order valence-electron chi connectivity index (χ1n) is 8.04. The van der Waals surface area contributed by atoms with Gasteiger partial charge in [-0.25, -0.2) is 0 Å². The molecular weight excluding hydrogens is 305 g/mol. The van der Waals surface area contributed by atoms with Crippen molar-refractivity contribution in [2.24, 2.45) is 4.99 Å². The van der Waals surface area contributed by atoms with Gasteiger partial charge in [-0.2, -0.15) is 0 Å². The van der Waals surface area contributed by atoms with Gasteiger partial charge in [0, 0.05) is 0 Å². The molecule has 6 nitrogen and oxygen atoms in total. The van der Waals surface area contributed by atoms with Crippen LogP contribution in [0.1, 0.15) is 25.0 Å². The van der Waals surface area contributed by atoms with Crippen LogP contribution in [0, 0.1) is 0 Å². The summed E-state index contributed by atoms with van der Waals surface area (Å²) in [7, 11) is 0.602. The Morgan fingerprint density at radius 2 is 2.17 bits per heavy atom. The van der Waals surface area contributed by atoms with Crippen LogP contribution in [0.15, 0.2) is 45.9 Å². The Bertz CT molecular complexity index is 730. The number of likely N-dealkylation sites (tertiary alicyclic amines) is 1. The molecule has 24 heavy (non-hydrogen) atoms.